The zero-order chi connectivity index (χ0) is 21.6. The van der Waals surface area contributed by atoms with E-state index in [1.807, 2.05) is 13.0 Å². The van der Waals surface area contributed by atoms with Crippen LogP contribution in [0.3, 0.4) is 0 Å². The van der Waals surface area contributed by atoms with Gasteiger partial charge in [0.25, 0.3) is 5.91 Å². The molecule has 0 fully saturated rings. The number of fused-ring (bicyclic) bond motifs is 1. The Morgan fingerprint density at radius 1 is 1.10 bits per heavy atom. The average molecular weight is 431 g/mol. The fourth-order valence-electron chi connectivity index (χ4n) is 3.54. The van der Waals surface area contributed by atoms with Crippen LogP contribution in [-0.4, -0.2) is 33.2 Å². The summed E-state index contributed by atoms with van der Waals surface area (Å²) in [6.07, 6.45) is 4.22. The van der Waals surface area contributed by atoms with Crippen LogP contribution < -0.4 is 14.4 Å². The summed E-state index contributed by atoms with van der Waals surface area (Å²) in [6.45, 7) is 5.15. The molecule has 0 radical (unpaired) electrons. The molecule has 1 amide bonds. The number of carbonyl (C=O) groups is 1. The molecule has 2 aromatic rings. The van der Waals surface area contributed by atoms with Gasteiger partial charge in [0.2, 0.25) is 10.0 Å². The Hall–Kier alpha value is -2.54. The van der Waals surface area contributed by atoms with E-state index in [1.54, 1.807) is 36.4 Å². The highest BCUT2D eigenvalue weighted by molar-refractivity contribution is 7.92. The highest BCUT2D eigenvalue weighted by Gasteiger charge is 2.26. The van der Waals surface area contributed by atoms with Crippen LogP contribution in [0, 0.1) is 0 Å². The van der Waals surface area contributed by atoms with Gasteiger partial charge >= 0.3 is 0 Å². The second kappa shape index (κ2) is 9.98. The molecule has 1 aliphatic rings. The number of hydrogen-bond acceptors (Lipinski definition) is 4. The number of unbranched alkanes of at least 4 members (excludes halogenated alkanes) is 1. The van der Waals surface area contributed by atoms with Crippen LogP contribution in [0.2, 0.25) is 0 Å². The van der Waals surface area contributed by atoms with Gasteiger partial charge in [-0.1, -0.05) is 20.3 Å². The molecule has 3 rings (SSSR count). The lowest BCUT2D eigenvalue weighted by molar-refractivity contribution is 0.102. The molecule has 0 saturated heterocycles. The lowest BCUT2D eigenvalue weighted by Crippen LogP contribution is -2.37. The predicted octanol–water partition coefficient (Wildman–Crippen LogP) is 4.61. The number of nitrogens with zero attached hydrogens (tertiary/aromatic N) is 1. The normalized spacial score (nSPS) is 13.6. The van der Waals surface area contributed by atoms with Crippen LogP contribution in [0.1, 0.15) is 55.5 Å². The summed E-state index contributed by atoms with van der Waals surface area (Å²) in [5, 5.41) is 2.91. The van der Waals surface area contributed by atoms with Gasteiger partial charge in [-0.15, -0.1) is 0 Å². The first kappa shape index (κ1) is 22.2. The molecular formula is C23H30N2O4S. The van der Waals surface area contributed by atoms with Gasteiger partial charge in [0.05, 0.1) is 18.0 Å². The van der Waals surface area contributed by atoms with Gasteiger partial charge in [-0.25, -0.2) is 8.42 Å². The molecule has 1 aliphatic heterocycles. The molecule has 0 atom stereocenters. The summed E-state index contributed by atoms with van der Waals surface area (Å²) in [7, 11) is -3.30. The monoisotopic (exact) mass is 430 g/mol. The van der Waals surface area contributed by atoms with Crippen molar-refractivity contribution in [1.29, 1.82) is 0 Å². The Labute approximate surface area is 179 Å². The average Bonchev–Trinajstić information content (AvgIpc) is 2.73. The Balaban J connectivity index is 1.70. The standard InChI is InChI=1S/C23H30N2O4S/c1-3-5-15-29-21-11-8-18(9-12-21)23(26)24-20-10-13-22-19(17-20)7-6-14-25(22)30(27,28)16-4-2/h8-13,17H,3-7,14-16H2,1-2H3,(H,24,26). The third kappa shape index (κ3) is 5.33. The highest BCUT2D eigenvalue weighted by Crippen LogP contribution is 2.32. The number of nitrogens with one attached hydrogen (secondary N) is 1. The maximum atomic E-state index is 12.6. The summed E-state index contributed by atoms with van der Waals surface area (Å²) in [5.74, 6) is 0.687. The van der Waals surface area contributed by atoms with E-state index in [0.717, 1.165) is 42.7 Å². The Morgan fingerprint density at radius 2 is 1.87 bits per heavy atom. The molecule has 0 unspecified atom stereocenters. The van der Waals surface area contributed by atoms with Crippen LogP contribution in [0.4, 0.5) is 11.4 Å². The smallest absolute Gasteiger partial charge is 0.255 e. The summed E-state index contributed by atoms with van der Waals surface area (Å²) < 4.78 is 32.2. The molecule has 1 heterocycles. The number of carbonyl (C=O) groups excluding carboxylic acids is 1. The lowest BCUT2D eigenvalue weighted by atomic mass is 10.0. The summed E-state index contributed by atoms with van der Waals surface area (Å²) in [4.78, 5) is 12.6. The van der Waals surface area contributed by atoms with E-state index in [9.17, 15) is 13.2 Å². The predicted molar refractivity (Wildman–Crippen MR) is 121 cm³/mol. The van der Waals surface area contributed by atoms with E-state index < -0.39 is 10.0 Å². The minimum atomic E-state index is -3.30. The molecule has 6 nitrogen and oxygen atoms in total. The van der Waals surface area contributed by atoms with Gasteiger partial charge < -0.3 is 10.1 Å². The van der Waals surface area contributed by atoms with Crippen LogP contribution in [0.5, 0.6) is 5.75 Å². The van der Waals surface area contributed by atoms with Crippen molar-refractivity contribution < 1.29 is 17.9 Å². The maximum Gasteiger partial charge on any atom is 0.255 e. The van der Waals surface area contributed by atoms with E-state index in [2.05, 4.69) is 12.2 Å². The molecule has 162 valence electrons. The highest BCUT2D eigenvalue weighted by atomic mass is 32.2. The van der Waals surface area contributed by atoms with Crippen molar-refractivity contribution in [2.24, 2.45) is 0 Å². The second-order valence-electron chi connectivity index (χ2n) is 7.52. The second-order valence-corrected chi connectivity index (χ2v) is 9.53. The van der Waals surface area contributed by atoms with E-state index in [0.29, 0.717) is 30.8 Å². The number of aryl methyl sites for hydroxylation is 1. The van der Waals surface area contributed by atoms with Crippen molar-refractivity contribution in [3.05, 3.63) is 53.6 Å². The van der Waals surface area contributed by atoms with Gasteiger partial charge in [0.1, 0.15) is 5.75 Å². The summed E-state index contributed by atoms with van der Waals surface area (Å²) >= 11 is 0. The van der Waals surface area contributed by atoms with Crippen molar-refractivity contribution >= 4 is 27.3 Å². The Morgan fingerprint density at radius 3 is 2.57 bits per heavy atom. The summed E-state index contributed by atoms with van der Waals surface area (Å²) in [6, 6.07) is 12.5. The van der Waals surface area contributed by atoms with Gasteiger partial charge in [-0.2, -0.15) is 0 Å². The third-order valence-corrected chi connectivity index (χ3v) is 7.07. The molecule has 0 bridgehead atoms. The Kier molecular flexibility index (Phi) is 7.37. The van der Waals surface area contributed by atoms with Crippen molar-refractivity contribution in [3.8, 4) is 5.75 Å². The number of anilines is 2. The SMILES string of the molecule is CCCCOc1ccc(C(=O)Nc2ccc3c(c2)CCCN3S(=O)(=O)CCC)cc1. The maximum absolute atomic E-state index is 12.6. The van der Waals surface area contributed by atoms with Crippen LogP contribution >= 0.6 is 0 Å². The number of rotatable bonds is 9. The third-order valence-electron chi connectivity index (χ3n) is 5.09. The quantitative estimate of drug-likeness (QED) is 0.590. The number of amides is 1. The topological polar surface area (TPSA) is 75.7 Å². The molecular weight excluding hydrogens is 400 g/mol. The molecule has 2 aromatic carbocycles. The first-order valence-electron chi connectivity index (χ1n) is 10.6. The Bertz CT molecular complexity index is 971. The van der Waals surface area contributed by atoms with Crippen molar-refractivity contribution in [2.45, 2.75) is 46.0 Å². The van der Waals surface area contributed by atoms with Crippen molar-refractivity contribution in [1.82, 2.24) is 0 Å². The first-order valence-corrected chi connectivity index (χ1v) is 12.2. The van der Waals surface area contributed by atoms with E-state index >= 15 is 0 Å². The zero-order valence-corrected chi connectivity index (χ0v) is 18.5. The van der Waals surface area contributed by atoms with Crippen molar-refractivity contribution in [2.75, 3.05) is 28.5 Å². The minimum absolute atomic E-state index is 0.142. The van der Waals surface area contributed by atoms with E-state index in [1.165, 1.54) is 4.31 Å². The molecule has 30 heavy (non-hydrogen) atoms. The van der Waals surface area contributed by atoms with Gasteiger partial charge in [-0.3, -0.25) is 9.10 Å². The molecule has 0 saturated carbocycles. The van der Waals surface area contributed by atoms with Gasteiger partial charge in [-0.05, 0) is 73.7 Å². The molecule has 1 N–H and O–H groups in total. The first-order chi connectivity index (χ1) is 14.4. The molecule has 7 heteroatoms. The van der Waals surface area contributed by atoms with Crippen LogP contribution in [0.15, 0.2) is 42.5 Å². The fraction of sp³-hybridized carbons (Fsp3) is 0.435. The number of hydrogen-bond donors (Lipinski definition) is 1. The van der Waals surface area contributed by atoms with Gasteiger partial charge in [0.15, 0.2) is 0 Å². The number of ether oxygens (including phenoxy) is 1. The molecule has 0 aliphatic carbocycles. The van der Waals surface area contributed by atoms with Gasteiger partial charge in [0, 0.05) is 17.8 Å². The van der Waals surface area contributed by atoms with E-state index in [-0.39, 0.29) is 11.7 Å². The summed E-state index contributed by atoms with van der Waals surface area (Å²) in [5.41, 5.74) is 2.87. The van der Waals surface area contributed by atoms with Crippen LogP contribution in [0.25, 0.3) is 0 Å². The van der Waals surface area contributed by atoms with Crippen LogP contribution in [-0.2, 0) is 16.4 Å². The largest absolute Gasteiger partial charge is 0.494 e. The molecule has 0 aromatic heterocycles. The lowest BCUT2D eigenvalue weighted by Gasteiger charge is -2.30. The molecule has 0 spiro atoms. The number of sulfonamides is 1. The van der Waals surface area contributed by atoms with Crippen molar-refractivity contribution in [3.63, 3.8) is 0 Å². The number of benzene rings is 2. The van der Waals surface area contributed by atoms with E-state index in [4.69, 9.17) is 4.74 Å². The zero-order valence-electron chi connectivity index (χ0n) is 17.7. The fourth-order valence-corrected chi connectivity index (χ4v) is 5.16. The minimum Gasteiger partial charge on any atom is -0.494 e.